The van der Waals surface area contributed by atoms with Crippen LogP contribution < -0.4 is 5.32 Å². The minimum atomic E-state index is -0.854. The number of carbonyl (C=O) groups excluding carboxylic acids is 2. The Morgan fingerprint density at radius 2 is 2.00 bits per heavy atom. The number of ketones is 1. The lowest BCUT2D eigenvalue weighted by Crippen LogP contribution is -2.28. The predicted molar refractivity (Wildman–Crippen MR) is 56.5 cm³/mol. The van der Waals surface area contributed by atoms with Gasteiger partial charge in [-0.1, -0.05) is 6.92 Å². The van der Waals surface area contributed by atoms with Gasteiger partial charge >= 0.3 is 0 Å². The van der Waals surface area contributed by atoms with Gasteiger partial charge in [-0.3, -0.25) is 13.8 Å². The van der Waals surface area contributed by atoms with E-state index in [9.17, 15) is 13.8 Å². The number of nitrogens with one attached hydrogen (secondary N) is 1. The topological polar surface area (TPSA) is 63.2 Å². The molecule has 0 spiro atoms. The molecule has 0 aromatic rings. The van der Waals surface area contributed by atoms with Gasteiger partial charge < -0.3 is 5.32 Å². The van der Waals surface area contributed by atoms with Gasteiger partial charge in [0.05, 0.1) is 6.42 Å². The van der Waals surface area contributed by atoms with E-state index in [1.54, 1.807) is 6.26 Å². The molecular weight excluding hydrogens is 202 g/mol. The first-order valence-electron chi connectivity index (χ1n) is 4.52. The number of Topliss-reactive ketones (excluding diaryl/α,β-unsaturated/α-hetero) is 1. The summed E-state index contributed by atoms with van der Waals surface area (Å²) in [5.41, 5.74) is 0. The molecule has 0 saturated carbocycles. The van der Waals surface area contributed by atoms with Crippen LogP contribution in [0.1, 0.15) is 26.7 Å². The van der Waals surface area contributed by atoms with Gasteiger partial charge in [-0.05, 0) is 13.3 Å². The summed E-state index contributed by atoms with van der Waals surface area (Å²) in [6.45, 7) is 3.73. The van der Waals surface area contributed by atoms with E-state index in [0.29, 0.717) is 13.0 Å². The molecule has 4 nitrogen and oxygen atoms in total. The monoisotopic (exact) mass is 219 g/mol. The maximum absolute atomic E-state index is 11.0. The summed E-state index contributed by atoms with van der Waals surface area (Å²) in [6.07, 6.45) is 2.25. The number of amides is 1. The molecular formula is C9H17NO3S. The molecule has 0 radical (unpaired) electrons. The molecule has 14 heavy (non-hydrogen) atoms. The Balaban J connectivity index is 3.59. The largest absolute Gasteiger partial charge is 0.356 e. The number of rotatable bonds is 6. The summed E-state index contributed by atoms with van der Waals surface area (Å²) in [4.78, 5) is 21.5. The van der Waals surface area contributed by atoms with Gasteiger partial charge in [0.25, 0.3) is 0 Å². The van der Waals surface area contributed by atoms with Gasteiger partial charge in [-0.2, -0.15) is 0 Å². The van der Waals surface area contributed by atoms with Crippen LogP contribution in [0.2, 0.25) is 0 Å². The third-order valence-electron chi connectivity index (χ3n) is 1.85. The van der Waals surface area contributed by atoms with Crippen molar-refractivity contribution in [2.24, 2.45) is 0 Å². The second kappa shape index (κ2) is 6.70. The predicted octanol–water partition coefficient (Wildman–Crippen LogP) is 0.239. The fourth-order valence-electron chi connectivity index (χ4n) is 0.869. The van der Waals surface area contributed by atoms with Crippen molar-refractivity contribution in [1.29, 1.82) is 0 Å². The van der Waals surface area contributed by atoms with E-state index in [0.717, 1.165) is 0 Å². The summed E-state index contributed by atoms with van der Waals surface area (Å²) in [5, 5.41) is 2.68. The highest BCUT2D eigenvalue weighted by Crippen LogP contribution is 1.97. The molecule has 2 unspecified atom stereocenters. The van der Waals surface area contributed by atoms with Crippen molar-refractivity contribution in [3.05, 3.63) is 0 Å². The molecule has 0 aliphatic carbocycles. The third kappa shape index (κ3) is 6.77. The molecule has 0 aromatic heterocycles. The molecule has 0 bridgehead atoms. The molecule has 0 aliphatic rings. The van der Waals surface area contributed by atoms with Crippen LogP contribution in [0, 0.1) is 0 Å². The first kappa shape index (κ1) is 13.3. The Kier molecular flexibility index (Phi) is 6.36. The van der Waals surface area contributed by atoms with E-state index >= 15 is 0 Å². The molecule has 5 heteroatoms. The fourth-order valence-corrected chi connectivity index (χ4v) is 1.32. The van der Waals surface area contributed by atoms with Gasteiger partial charge in [0.2, 0.25) is 5.91 Å². The van der Waals surface area contributed by atoms with Crippen LogP contribution in [0.25, 0.3) is 0 Å². The SMILES string of the molecule is CC(=O)CC(=O)NCCC(C)S(C)=O. The zero-order chi connectivity index (χ0) is 11.1. The molecule has 1 amide bonds. The summed E-state index contributed by atoms with van der Waals surface area (Å²) in [5.74, 6) is -0.402. The van der Waals surface area contributed by atoms with Crippen molar-refractivity contribution in [3.8, 4) is 0 Å². The van der Waals surface area contributed by atoms with Crippen LogP contribution in [0.5, 0.6) is 0 Å². The zero-order valence-electron chi connectivity index (χ0n) is 8.83. The zero-order valence-corrected chi connectivity index (χ0v) is 9.65. The minimum absolute atomic E-state index is 0.0659. The highest BCUT2D eigenvalue weighted by Gasteiger charge is 2.07. The quantitative estimate of drug-likeness (QED) is 0.651. The summed E-state index contributed by atoms with van der Waals surface area (Å²) >= 11 is 0. The summed E-state index contributed by atoms with van der Waals surface area (Å²) in [7, 11) is -0.854. The van der Waals surface area contributed by atoms with Crippen LogP contribution in [-0.2, 0) is 20.4 Å². The Morgan fingerprint density at radius 1 is 1.43 bits per heavy atom. The van der Waals surface area contributed by atoms with Gasteiger partial charge in [-0.25, -0.2) is 0 Å². The van der Waals surface area contributed by atoms with Crippen LogP contribution in [0.15, 0.2) is 0 Å². The van der Waals surface area contributed by atoms with Crippen molar-refractivity contribution < 1.29 is 13.8 Å². The Labute approximate surface area is 86.9 Å². The van der Waals surface area contributed by atoms with E-state index in [2.05, 4.69) is 5.32 Å². The fraction of sp³-hybridized carbons (Fsp3) is 0.778. The molecule has 1 N–H and O–H groups in total. The van der Waals surface area contributed by atoms with Crippen LogP contribution >= 0.6 is 0 Å². The number of carbonyl (C=O) groups is 2. The molecule has 82 valence electrons. The molecule has 0 rings (SSSR count). The van der Waals surface area contributed by atoms with E-state index in [-0.39, 0.29) is 23.4 Å². The maximum atomic E-state index is 11.0. The van der Waals surface area contributed by atoms with E-state index in [1.165, 1.54) is 6.92 Å². The smallest absolute Gasteiger partial charge is 0.227 e. The summed E-state index contributed by atoms with van der Waals surface area (Å²) in [6, 6.07) is 0. The highest BCUT2D eigenvalue weighted by molar-refractivity contribution is 7.84. The lowest BCUT2D eigenvalue weighted by atomic mass is 10.3. The number of hydrogen-bond donors (Lipinski definition) is 1. The van der Waals surface area contributed by atoms with Crippen molar-refractivity contribution in [2.75, 3.05) is 12.8 Å². The third-order valence-corrected chi connectivity index (χ3v) is 3.22. The maximum Gasteiger partial charge on any atom is 0.227 e. The van der Waals surface area contributed by atoms with Gasteiger partial charge in [0.15, 0.2) is 0 Å². The molecule has 2 atom stereocenters. The van der Waals surface area contributed by atoms with Crippen molar-refractivity contribution >= 4 is 22.5 Å². The van der Waals surface area contributed by atoms with Gasteiger partial charge in [0, 0.05) is 28.9 Å². The van der Waals surface area contributed by atoms with Gasteiger partial charge in [-0.15, -0.1) is 0 Å². The van der Waals surface area contributed by atoms with E-state index in [1.807, 2.05) is 6.92 Å². The van der Waals surface area contributed by atoms with Crippen LogP contribution in [-0.4, -0.2) is 33.9 Å². The first-order valence-corrected chi connectivity index (χ1v) is 6.14. The van der Waals surface area contributed by atoms with Crippen LogP contribution in [0.3, 0.4) is 0 Å². The van der Waals surface area contributed by atoms with Crippen LogP contribution in [0.4, 0.5) is 0 Å². The lowest BCUT2D eigenvalue weighted by molar-refractivity contribution is -0.127. The summed E-state index contributed by atoms with van der Waals surface area (Å²) < 4.78 is 10.9. The first-order chi connectivity index (χ1) is 6.43. The Hall–Kier alpha value is -0.710. The average Bonchev–Trinajstić information content (AvgIpc) is 2.02. The molecule has 0 aromatic carbocycles. The molecule has 0 saturated heterocycles. The van der Waals surface area contributed by atoms with Crippen molar-refractivity contribution in [2.45, 2.75) is 31.9 Å². The average molecular weight is 219 g/mol. The van der Waals surface area contributed by atoms with Crippen molar-refractivity contribution in [1.82, 2.24) is 5.32 Å². The second-order valence-corrected chi connectivity index (χ2v) is 5.13. The van der Waals surface area contributed by atoms with E-state index < -0.39 is 10.8 Å². The Bertz CT molecular complexity index is 240. The normalized spacial score (nSPS) is 14.5. The molecule has 0 fully saturated rings. The minimum Gasteiger partial charge on any atom is -0.356 e. The molecule has 0 heterocycles. The number of hydrogen-bond acceptors (Lipinski definition) is 3. The van der Waals surface area contributed by atoms with Gasteiger partial charge in [0.1, 0.15) is 5.78 Å². The van der Waals surface area contributed by atoms with E-state index in [4.69, 9.17) is 0 Å². The molecule has 0 aliphatic heterocycles. The Morgan fingerprint density at radius 3 is 2.43 bits per heavy atom. The highest BCUT2D eigenvalue weighted by atomic mass is 32.2. The second-order valence-electron chi connectivity index (χ2n) is 3.33. The standard InChI is InChI=1S/C9H17NO3S/c1-7(11)6-9(12)10-5-4-8(2)14(3)13/h8H,4-6H2,1-3H3,(H,10,12). The van der Waals surface area contributed by atoms with Crippen molar-refractivity contribution in [3.63, 3.8) is 0 Å². The lowest BCUT2D eigenvalue weighted by Gasteiger charge is -2.08.